The number of hydrogen-bond donors (Lipinski definition) is 1. The fraction of sp³-hybridized carbons (Fsp3) is 0.462. The van der Waals surface area contributed by atoms with Crippen molar-refractivity contribution < 1.29 is 17.9 Å². The summed E-state index contributed by atoms with van der Waals surface area (Å²) in [6.45, 7) is 0. The van der Waals surface area contributed by atoms with Crippen LogP contribution in [0.5, 0.6) is 0 Å². The van der Waals surface area contributed by atoms with E-state index in [4.69, 9.17) is 0 Å². The molecule has 1 aromatic carbocycles. The largest absolute Gasteiger partial charge is 0.469 e. The van der Waals surface area contributed by atoms with Gasteiger partial charge < -0.3 is 9.64 Å². The highest BCUT2D eigenvalue weighted by atomic mass is 32.2. The number of hydrogen-bond acceptors (Lipinski definition) is 5. The molecule has 6 nitrogen and oxygen atoms in total. The predicted octanol–water partition coefficient (Wildman–Crippen LogP) is 1.45. The fourth-order valence-electron chi connectivity index (χ4n) is 1.59. The molecular weight excluding hydrogens is 280 g/mol. The highest BCUT2D eigenvalue weighted by Crippen LogP contribution is 2.18. The van der Waals surface area contributed by atoms with Crippen LogP contribution in [0.15, 0.2) is 24.3 Å². The van der Waals surface area contributed by atoms with E-state index in [1.54, 1.807) is 18.2 Å². The van der Waals surface area contributed by atoms with Crippen LogP contribution in [0.25, 0.3) is 0 Å². The third kappa shape index (κ3) is 5.48. The van der Waals surface area contributed by atoms with Crippen molar-refractivity contribution in [3.8, 4) is 0 Å². The van der Waals surface area contributed by atoms with Gasteiger partial charge in [0, 0.05) is 26.2 Å². The number of sulfonamides is 1. The quantitative estimate of drug-likeness (QED) is 0.771. The molecule has 0 saturated heterocycles. The second kappa shape index (κ2) is 7.14. The minimum Gasteiger partial charge on any atom is -0.469 e. The third-order valence-corrected chi connectivity index (χ3v) is 4.03. The predicted molar refractivity (Wildman–Crippen MR) is 79.4 cm³/mol. The van der Waals surface area contributed by atoms with Gasteiger partial charge in [-0.2, -0.15) is 0 Å². The van der Waals surface area contributed by atoms with E-state index in [2.05, 4.69) is 9.46 Å². The van der Waals surface area contributed by atoms with Crippen molar-refractivity contribution in [1.82, 2.24) is 0 Å². The molecule has 0 radical (unpaired) electrons. The van der Waals surface area contributed by atoms with Crippen LogP contribution in [0.3, 0.4) is 0 Å². The van der Waals surface area contributed by atoms with E-state index in [1.165, 1.54) is 7.11 Å². The summed E-state index contributed by atoms with van der Waals surface area (Å²) in [6, 6.07) is 7.10. The van der Waals surface area contributed by atoms with E-state index in [9.17, 15) is 13.2 Å². The summed E-state index contributed by atoms with van der Waals surface area (Å²) in [5, 5.41) is 0. The Morgan fingerprint density at radius 1 is 1.35 bits per heavy atom. The maximum Gasteiger partial charge on any atom is 0.305 e. The molecule has 0 aliphatic carbocycles. The lowest BCUT2D eigenvalue weighted by atomic mass is 10.3. The molecule has 0 unspecified atom stereocenters. The van der Waals surface area contributed by atoms with E-state index in [0.717, 1.165) is 5.69 Å². The Labute approximate surface area is 119 Å². The number of anilines is 2. The zero-order chi connectivity index (χ0) is 15.2. The molecule has 112 valence electrons. The van der Waals surface area contributed by atoms with Crippen LogP contribution in [0, 0.1) is 0 Å². The Morgan fingerprint density at radius 2 is 2.05 bits per heavy atom. The number of nitrogens with one attached hydrogen (secondary N) is 1. The molecule has 0 saturated carbocycles. The van der Waals surface area contributed by atoms with E-state index in [-0.39, 0.29) is 18.6 Å². The number of nitrogens with zero attached hydrogens (tertiary/aromatic N) is 1. The first-order valence-corrected chi connectivity index (χ1v) is 7.84. The minimum absolute atomic E-state index is 0.0924. The lowest BCUT2D eigenvalue weighted by Gasteiger charge is -2.14. The van der Waals surface area contributed by atoms with Crippen LogP contribution in [-0.4, -0.2) is 41.3 Å². The van der Waals surface area contributed by atoms with Crippen LogP contribution >= 0.6 is 0 Å². The van der Waals surface area contributed by atoms with Crippen LogP contribution in [0.4, 0.5) is 11.4 Å². The molecule has 0 bridgehead atoms. The monoisotopic (exact) mass is 300 g/mol. The molecule has 0 fully saturated rings. The fourth-order valence-corrected chi connectivity index (χ4v) is 2.70. The molecule has 0 amide bonds. The van der Waals surface area contributed by atoms with E-state index in [1.807, 2.05) is 25.1 Å². The average Bonchev–Trinajstić information content (AvgIpc) is 2.37. The first-order valence-electron chi connectivity index (χ1n) is 6.19. The summed E-state index contributed by atoms with van der Waals surface area (Å²) < 4.78 is 30.7. The second-order valence-corrected chi connectivity index (χ2v) is 6.39. The summed E-state index contributed by atoms with van der Waals surface area (Å²) in [4.78, 5) is 12.8. The first kappa shape index (κ1) is 16.3. The van der Waals surface area contributed by atoms with Gasteiger partial charge in [-0.15, -0.1) is 0 Å². The lowest BCUT2D eigenvalue weighted by molar-refractivity contribution is -0.140. The topological polar surface area (TPSA) is 75.7 Å². The zero-order valence-electron chi connectivity index (χ0n) is 11.9. The van der Waals surface area contributed by atoms with Crippen LogP contribution in [-0.2, 0) is 19.6 Å². The first-order chi connectivity index (χ1) is 9.34. The maximum absolute atomic E-state index is 11.9. The van der Waals surface area contributed by atoms with Gasteiger partial charge in [0.25, 0.3) is 0 Å². The molecular formula is C13H20N2O4S. The minimum atomic E-state index is -3.46. The molecule has 0 aliphatic heterocycles. The van der Waals surface area contributed by atoms with Crippen LogP contribution < -0.4 is 9.62 Å². The molecule has 1 rings (SSSR count). The summed E-state index contributed by atoms with van der Waals surface area (Å²) in [5.74, 6) is -0.524. The normalized spacial score (nSPS) is 10.9. The van der Waals surface area contributed by atoms with Crippen molar-refractivity contribution in [2.45, 2.75) is 12.8 Å². The van der Waals surface area contributed by atoms with Crippen molar-refractivity contribution in [2.75, 3.05) is 36.6 Å². The molecule has 0 aliphatic rings. The summed E-state index contributed by atoms with van der Waals surface area (Å²) >= 11 is 0. The van der Waals surface area contributed by atoms with Gasteiger partial charge in [-0.1, -0.05) is 6.07 Å². The molecule has 0 aromatic heterocycles. The van der Waals surface area contributed by atoms with Crippen molar-refractivity contribution in [2.24, 2.45) is 0 Å². The Morgan fingerprint density at radius 3 is 2.65 bits per heavy atom. The van der Waals surface area contributed by atoms with Gasteiger partial charge in [0.2, 0.25) is 10.0 Å². The van der Waals surface area contributed by atoms with E-state index >= 15 is 0 Å². The number of carbonyl (C=O) groups excluding carboxylic acids is 1. The number of carbonyl (C=O) groups is 1. The molecule has 20 heavy (non-hydrogen) atoms. The Balaban J connectivity index is 2.62. The van der Waals surface area contributed by atoms with Gasteiger partial charge >= 0.3 is 5.97 Å². The summed E-state index contributed by atoms with van der Waals surface area (Å²) in [7, 11) is 1.58. The standard InChI is InChI=1S/C13H20N2O4S/c1-15(2)12-7-4-6-11(10-12)14-20(17,18)9-5-8-13(16)19-3/h4,6-7,10,14H,5,8-9H2,1-3H3. The zero-order valence-corrected chi connectivity index (χ0v) is 12.7. The third-order valence-electron chi connectivity index (χ3n) is 2.66. The second-order valence-electron chi connectivity index (χ2n) is 4.55. The van der Waals surface area contributed by atoms with Gasteiger partial charge in [-0.25, -0.2) is 8.42 Å². The van der Waals surface area contributed by atoms with Crippen LogP contribution in [0.2, 0.25) is 0 Å². The lowest BCUT2D eigenvalue weighted by Crippen LogP contribution is -2.18. The number of benzene rings is 1. The Kier molecular flexibility index (Phi) is 5.82. The van der Waals surface area contributed by atoms with Gasteiger partial charge in [0.1, 0.15) is 0 Å². The SMILES string of the molecule is COC(=O)CCCS(=O)(=O)Nc1cccc(N(C)C)c1. The van der Waals surface area contributed by atoms with Crippen molar-refractivity contribution in [3.05, 3.63) is 24.3 Å². The number of esters is 1. The molecule has 0 heterocycles. The van der Waals surface area contributed by atoms with E-state index in [0.29, 0.717) is 5.69 Å². The molecule has 1 N–H and O–H groups in total. The van der Waals surface area contributed by atoms with Gasteiger partial charge in [0.05, 0.1) is 18.6 Å². The molecule has 1 aromatic rings. The number of methoxy groups -OCH3 is 1. The van der Waals surface area contributed by atoms with Crippen molar-refractivity contribution in [1.29, 1.82) is 0 Å². The van der Waals surface area contributed by atoms with Gasteiger partial charge in [-0.3, -0.25) is 9.52 Å². The maximum atomic E-state index is 11.9. The number of rotatable bonds is 7. The number of ether oxygens (including phenoxy) is 1. The van der Waals surface area contributed by atoms with Gasteiger partial charge in [-0.05, 0) is 24.6 Å². The highest BCUT2D eigenvalue weighted by molar-refractivity contribution is 7.92. The average molecular weight is 300 g/mol. The van der Waals surface area contributed by atoms with Gasteiger partial charge in [0.15, 0.2) is 0 Å². The Bertz CT molecular complexity index is 555. The van der Waals surface area contributed by atoms with Crippen molar-refractivity contribution >= 4 is 27.4 Å². The van der Waals surface area contributed by atoms with Crippen molar-refractivity contribution in [3.63, 3.8) is 0 Å². The smallest absolute Gasteiger partial charge is 0.305 e. The van der Waals surface area contributed by atoms with Crippen LogP contribution in [0.1, 0.15) is 12.8 Å². The molecule has 0 spiro atoms. The molecule has 7 heteroatoms. The molecule has 0 atom stereocenters. The van der Waals surface area contributed by atoms with E-state index < -0.39 is 16.0 Å². The summed E-state index contributed by atoms with van der Waals surface area (Å²) in [6.07, 6.45) is 0.324. The summed E-state index contributed by atoms with van der Waals surface area (Å²) in [5.41, 5.74) is 1.41. The Hall–Kier alpha value is -1.76. The highest BCUT2D eigenvalue weighted by Gasteiger charge is 2.12.